The Morgan fingerprint density at radius 1 is 1.11 bits per heavy atom. The summed E-state index contributed by atoms with van der Waals surface area (Å²) in [6.45, 7) is 1.87. The zero-order valence-corrected chi connectivity index (χ0v) is 22.1. The van der Waals surface area contributed by atoms with Crippen LogP contribution in [0.3, 0.4) is 0 Å². The van der Waals surface area contributed by atoms with Gasteiger partial charge in [-0.05, 0) is 53.7 Å². The first-order valence-corrected chi connectivity index (χ1v) is 12.4. The van der Waals surface area contributed by atoms with E-state index in [1.807, 2.05) is 6.92 Å². The lowest BCUT2D eigenvalue weighted by Crippen LogP contribution is -2.34. The Labute approximate surface area is 226 Å². The van der Waals surface area contributed by atoms with Crippen molar-refractivity contribution in [1.82, 2.24) is 20.1 Å². The van der Waals surface area contributed by atoms with Gasteiger partial charge in [-0.1, -0.05) is 34.8 Å². The average molecular weight is 626 g/mol. The zero-order valence-electron chi connectivity index (χ0n) is 18.3. The van der Waals surface area contributed by atoms with Crippen molar-refractivity contribution in [3.8, 4) is 5.69 Å². The highest BCUT2D eigenvalue weighted by Crippen LogP contribution is 2.36. The number of hydrogen-bond donors (Lipinski definition) is 2. The maximum Gasteiger partial charge on any atom is 0.435 e. The van der Waals surface area contributed by atoms with Crippen LogP contribution < -0.4 is 10.6 Å². The molecule has 0 bridgehead atoms. The van der Waals surface area contributed by atoms with Crippen LogP contribution in [0.4, 0.5) is 18.9 Å². The summed E-state index contributed by atoms with van der Waals surface area (Å²) in [6.07, 6.45) is -0.569. The van der Waals surface area contributed by atoms with Gasteiger partial charge < -0.3 is 10.6 Å². The molecule has 1 atom stereocenters. The van der Waals surface area contributed by atoms with E-state index in [4.69, 9.17) is 34.8 Å². The largest absolute Gasteiger partial charge is 0.435 e. The number of hydrogen-bond acceptors (Lipinski definition) is 4. The zero-order chi connectivity index (χ0) is 26.4. The summed E-state index contributed by atoms with van der Waals surface area (Å²) in [5.74, 6) is -1.15. The molecule has 0 spiro atoms. The van der Waals surface area contributed by atoms with Gasteiger partial charge in [0.1, 0.15) is 11.4 Å². The van der Waals surface area contributed by atoms with Crippen LogP contribution in [-0.2, 0) is 6.18 Å². The molecule has 1 aliphatic rings. The molecule has 1 aromatic carbocycles. The number of nitrogens with zero attached hydrogens (tertiary/aromatic N) is 3. The van der Waals surface area contributed by atoms with Crippen LogP contribution in [-0.4, -0.2) is 32.6 Å². The minimum Gasteiger partial charge on any atom is -0.349 e. The van der Waals surface area contributed by atoms with Crippen LogP contribution in [0.25, 0.3) is 5.69 Å². The van der Waals surface area contributed by atoms with Gasteiger partial charge in [-0.2, -0.15) is 18.3 Å². The number of carbonyl (C=O) groups is 2. The van der Waals surface area contributed by atoms with Crippen LogP contribution >= 0.6 is 50.7 Å². The topological polar surface area (TPSA) is 88.9 Å². The minimum atomic E-state index is -4.86. The average Bonchev–Trinajstić information content (AvgIpc) is 3.53. The molecule has 2 N–H and O–H groups in total. The smallest absolute Gasteiger partial charge is 0.349 e. The maximum atomic E-state index is 13.5. The molecule has 0 saturated heterocycles. The fourth-order valence-electron chi connectivity index (χ4n) is 3.51. The Bertz CT molecular complexity index is 1340. The number of halogens is 7. The quantitative estimate of drug-likeness (QED) is 0.316. The van der Waals surface area contributed by atoms with Crippen LogP contribution in [0.2, 0.25) is 15.1 Å². The van der Waals surface area contributed by atoms with Gasteiger partial charge in [0.05, 0.1) is 21.3 Å². The van der Waals surface area contributed by atoms with E-state index in [-0.39, 0.29) is 42.5 Å². The molecule has 3 aromatic rings. The summed E-state index contributed by atoms with van der Waals surface area (Å²) in [5.41, 5.74) is -2.00. The first kappa shape index (κ1) is 26.7. The van der Waals surface area contributed by atoms with Crippen LogP contribution in [0.15, 0.2) is 35.1 Å². The predicted molar refractivity (Wildman–Crippen MR) is 133 cm³/mol. The van der Waals surface area contributed by atoms with Crippen molar-refractivity contribution in [2.24, 2.45) is 5.92 Å². The Morgan fingerprint density at radius 2 is 1.75 bits per heavy atom. The molecule has 7 nitrogen and oxygen atoms in total. The van der Waals surface area contributed by atoms with E-state index < -0.39 is 29.4 Å². The lowest BCUT2D eigenvalue weighted by atomic mass is 10.1. The molecule has 2 amide bonds. The summed E-state index contributed by atoms with van der Waals surface area (Å²) in [7, 11) is 0. The Morgan fingerprint density at radius 3 is 2.33 bits per heavy atom. The van der Waals surface area contributed by atoms with Crippen molar-refractivity contribution >= 4 is 68.2 Å². The molecule has 0 aliphatic heterocycles. The summed E-state index contributed by atoms with van der Waals surface area (Å²) in [6, 6.07) is 3.24. The van der Waals surface area contributed by atoms with E-state index in [9.17, 15) is 22.8 Å². The number of aromatic nitrogens is 3. The highest BCUT2D eigenvalue weighted by atomic mass is 79.9. The van der Waals surface area contributed by atoms with Crippen molar-refractivity contribution in [1.29, 1.82) is 0 Å². The molecule has 14 heteroatoms. The fourth-order valence-corrected chi connectivity index (χ4v) is 4.95. The number of carbonyl (C=O) groups excluding carboxylic acids is 2. The third-order valence-electron chi connectivity index (χ3n) is 5.50. The van der Waals surface area contributed by atoms with Gasteiger partial charge in [0.2, 0.25) is 0 Å². The van der Waals surface area contributed by atoms with Crippen LogP contribution in [0.1, 0.15) is 46.3 Å². The highest BCUT2D eigenvalue weighted by Gasteiger charge is 2.37. The number of anilines is 1. The van der Waals surface area contributed by atoms with Gasteiger partial charge in [-0.3, -0.25) is 14.6 Å². The SMILES string of the molecule is CC(NC(=O)c1cc(Cl)cc(Br)c1NC(=O)c1cc(C(F)(F)F)nn1-c1c(Cl)cncc1Cl)C1CC1. The summed E-state index contributed by atoms with van der Waals surface area (Å²) in [4.78, 5) is 30.1. The van der Waals surface area contributed by atoms with Gasteiger partial charge in [-0.15, -0.1) is 0 Å². The number of rotatable bonds is 6. The first-order valence-electron chi connectivity index (χ1n) is 10.4. The van der Waals surface area contributed by atoms with Gasteiger partial charge in [-0.25, -0.2) is 4.68 Å². The third kappa shape index (κ3) is 5.64. The maximum absolute atomic E-state index is 13.5. The molecule has 190 valence electrons. The third-order valence-corrected chi connectivity index (χ3v) is 6.90. The van der Waals surface area contributed by atoms with Crippen molar-refractivity contribution < 1.29 is 22.8 Å². The second-order valence-corrected chi connectivity index (χ2v) is 10.2. The number of amides is 2. The molecule has 1 unspecified atom stereocenters. The monoisotopic (exact) mass is 623 g/mol. The molecule has 2 heterocycles. The summed E-state index contributed by atoms with van der Waals surface area (Å²) >= 11 is 21.6. The molecule has 1 fully saturated rings. The van der Waals surface area contributed by atoms with Crippen molar-refractivity contribution in [3.63, 3.8) is 0 Å². The Kier molecular flexibility index (Phi) is 7.57. The molecule has 36 heavy (non-hydrogen) atoms. The highest BCUT2D eigenvalue weighted by molar-refractivity contribution is 9.10. The van der Waals surface area contributed by atoms with E-state index in [0.717, 1.165) is 25.2 Å². The minimum absolute atomic E-state index is 0.0122. The molecule has 0 radical (unpaired) electrons. The van der Waals surface area contributed by atoms with Gasteiger partial charge >= 0.3 is 6.18 Å². The summed E-state index contributed by atoms with van der Waals surface area (Å²) in [5, 5.41) is 8.84. The van der Waals surface area contributed by atoms with Crippen molar-refractivity contribution in [2.75, 3.05) is 5.32 Å². The summed E-state index contributed by atoms with van der Waals surface area (Å²) < 4.78 is 41.4. The molecule has 2 aromatic heterocycles. The lowest BCUT2D eigenvalue weighted by molar-refractivity contribution is -0.141. The number of nitrogens with one attached hydrogen (secondary N) is 2. The van der Waals surface area contributed by atoms with Crippen LogP contribution in [0, 0.1) is 5.92 Å². The first-order chi connectivity index (χ1) is 16.9. The Balaban J connectivity index is 1.76. The van der Waals surface area contributed by atoms with E-state index in [0.29, 0.717) is 16.7 Å². The molecular formula is C22H16BrCl3F3N5O2. The predicted octanol–water partition coefficient (Wildman–Crippen LogP) is 6.79. The molecule has 1 saturated carbocycles. The Hall–Kier alpha value is -2.34. The van der Waals surface area contributed by atoms with Gasteiger partial charge in [0.15, 0.2) is 5.69 Å². The number of pyridine rings is 1. The second-order valence-electron chi connectivity index (χ2n) is 8.14. The van der Waals surface area contributed by atoms with E-state index >= 15 is 0 Å². The second kappa shape index (κ2) is 10.2. The standard InChI is InChI=1S/C22H16BrCl3F3N5O2/c1-9(10-2-3-10)31-20(35)12-4-11(24)5-13(23)18(12)32-21(36)16-6-17(22(27,28)29)33-34(16)19-14(25)7-30-8-15(19)26/h4-10H,2-3H2,1H3,(H,31,35)(H,32,36). The van der Waals surface area contributed by atoms with E-state index in [1.54, 1.807) is 0 Å². The van der Waals surface area contributed by atoms with E-state index in [1.165, 1.54) is 12.1 Å². The van der Waals surface area contributed by atoms with Gasteiger partial charge in [0, 0.05) is 34.0 Å². The molecule has 4 rings (SSSR count). The van der Waals surface area contributed by atoms with Crippen LogP contribution in [0.5, 0.6) is 0 Å². The van der Waals surface area contributed by atoms with Crippen molar-refractivity contribution in [3.05, 3.63) is 67.1 Å². The lowest BCUT2D eigenvalue weighted by Gasteiger charge is -2.17. The molecular weight excluding hydrogens is 610 g/mol. The fraction of sp³-hybridized carbons (Fsp3) is 0.273. The number of benzene rings is 1. The van der Waals surface area contributed by atoms with E-state index in [2.05, 4.69) is 36.6 Å². The molecule has 1 aliphatic carbocycles. The van der Waals surface area contributed by atoms with Crippen molar-refractivity contribution in [2.45, 2.75) is 32.0 Å². The van der Waals surface area contributed by atoms with Gasteiger partial charge in [0.25, 0.3) is 11.8 Å². The normalized spacial score (nSPS) is 14.4. The number of alkyl halides is 3.